The van der Waals surface area contributed by atoms with Crippen LogP contribution in [0.25, 0.3) is 48.3 Å². The number of para-hydroxylation sites is 3. The summed E-state index contributed by atoms with van der Waals surface area (Å²) in [7, 11) is 1.88. The van der Waals surface area contributed by atoms with E-state index in [2.05, 4.69) is 16.0 Å². The molecule has 0 aliphatic carbocycles. The van der Waals surface area contributed by atoms with Crippen LogP contribution in [0.15, 0.2) is 53.9 Å². The molecule has 0 fully saturated rings. The van der Waals surface area contributed by atoms with Gasteiger partial charge in [0.2, 0.25) is 0 Å². The molecule has 0 aliphatic rings. The first-order valence-corrected chi connectivity index (χ1v) is 11.1. The van der Waals surface area contributed by atoms with Gasteiger partial charge in [0.15, 0.2) is 16.8 Å². The fraction of sp³-hybridized carbons (Fsp3) is 0.0455. The fourth-order valence-electron chi connectivity index (χ4n) is 3.81. The first-order chi connectivity index (χ1) is 15.2. The molecule has 4 aromatic heterocycles. The van der Waals surface area contributed by atoms with Gasteiger partial charge in [0, 0.05) is 12.4 Å². The van der Waals surface area contributed by atoms with Crippen LogP contribution in [0.4, 0.5) is 0 Å². The molecule has 6 rings (SSSR count). The Labute approximate surface area is 183 Å². The average Bonchev–Trinajstić information content (AvgIpc) is 3.51. The summed E-state index contributed by atoms with van der Waals surface area (Å²) in [6.45, 7) is 0. The largest absolute Gasteiger partial charge is 0.326 e. The van der Waals surface area contributed by atoms with Crippen LogP contribution in [0.1, 0.15) is 5.69 Å². The summed E-state index contributed by atoms with van der Waals surface area (Å²) in [5.41, 5.74) is 4.94. The minimum atomic E-state index is 0.205. The maximum Gasteiger partial charge on any atom is 0.182 e. The van der Waals surface area contributed by atoms with Gasteiger partial charge in [0.05, 0.1) is 21.3 Å². The van der Waals surface area contributed by atoms with Gasteiger partial charge in [-0.3, -0.25) is 9.81 Å². The Morgan fingerprint density at radius 1 is 0.968 bits per heavy atom. The second-order valence-corrected chi connectivity index (χ2v) is 8.89. The number of imidazole rings is 1. The number of fused-ring (bicyclic) bond motifs is 4. The van der Waals surface area contributed by atoms with Crippen LogP contribution in [0, 0.1) is 16.7 Å². The summed E-state index contributed by atoms with van der Waals surface area (Å²) in [6, 6.07) is 18.0. The number of aromatic nitrogens is 5. The summed E-state index contributed by atoms with van der Waals surface area (Å²) >= 11 is 2.99. The van der Waals surface area contributed by atoms with Gasteiger partial charge < -0.3 is 4.57 Å². The Bertz CT molecular complexity index is 1710. The van der Waals surface area contributed by atoms with E-state index in [0.29, 0.717) is 16.3 Å². The van der Waals surface area contributed by atoms with Crippen molar-refractivity contribution in [2.45, 2.75) is 0 Å². The summed E-state index contributed by atoms with van der Waals surface area (Å²) < 4.78 is 4.78. The first kappa shape index (κ1) is 17.9. The maximum atomic E-state index is 9.79. The van der Waals surface area contributed by atoms with Crippen molar-refractivity contribution in [1.29, 1.82) is 10.7 Å². The number of rotatable bonds is 2. The Morgan fingerprint density at radius 2 is 1.74 bits per heavy atom. The van der Waals surface area contributed by atoms with Gasteiger partial charge in [-0.15, -0.1) is 22.7 Å². The number of hydrogen-bond donors (Lipinski definition) is 1. The normalized spacial score (nSPS) is 11.5. The molecule has 0 unspecified atom stereocenters. The van der Waals surface area contributed by atoms with E-state index >= 15 is 0 Å². The number of aryl methyl sites for hydroxylation is 1. The van der Waals surface area contributed by atoms with Crippen molar-refractivity contribution < 1.29 is 0 Å². The topological polar surface area (TPSA) is 95.7 Å². The number of nitrogens with one attached hydrogen (secondary N) is 1. The lowest BCUT2D eigenvalue weighted by Gasteiger charge is -2.04. The highest BCUT2D eigenvalue weighted by molar-refractivity contribution is 7.22. The van der Waals surface area contributed by atoms with E-state index in [-0.39, 0.29) is 11.2 Å². The van der Waals surface area contributed by atoms with Crippen molar-refractivity contribution >= 4 is 49.6 Å². The van der Waals surface area contributed by atoms with Crippen molar-refractivity contribution in [2.75, 3.05) is 0 Å². The highest BCUT2D eigenvalue weighted by atomic mass is 32.1. The molecule has 31 heavy (non-hydrogen) atoms. The molecule has 4 heterocycles. The fourth-order valence-corrected chi connectivity index (χ4v) is 5.61. The Hall–Kier alpha value is -3.87. The van der Waals surface area contributed by atoms with Crippen LogP contribution in [-0.2, 0) is 7.05 Å². The summed E-state index contributed by atoms with van der Waals surface area (Å²) in [5, 5.41) is 22.0. The number of nitriles is 1. The van der Waals surface area contributed by atoms with Crippen molar-refractivity contribution in [1.82, 2.24) is 23.9 Å². The van der Waals surface area contributed by atoms with Crippen LogP contribution in [0.3, 0.4) is 0 Å². The van der Waals surface area contributed by atoms with Gasteiger partial charge in [-0.1, -0.05) is 24.3 Å². The third-order valence-electron chi connectivity index (χ3n) is 5.22. The molecule has 0 saturated carbocycles. The van der Waals surface area contributed by atoms with Crippen LogP contribution in [0.5, 0.6) is 0 Å². The average molecular weight is 440 g/mol. The molecule has 2 aromatic carbocycles. The standard InChI is InChI=1S/C22H13N7S2/c1-28-15-7-3-4-8-16(15)29-19(24)18(25-13(10-23)22(28)29)21-27-14(11-30-21)20-26-12-6-2-5-9-17(12)31-20/h2-9,11,24H,1H3. The zero-order chi connectivity index (χ0) is 21.1. The predicted octanol–water partition coefficient (Wildman–Crippen LogP) is 4.58. The molecule has 0 amide bonds. The quantitative estimate of drug-likeness (QED) is 0.427. The molecular formula is C22H13N7S2. The molecule has 0 radical (unpaired) electrons. The van der Waals surface area contributed by atoms with Crippen molar-refractivity contribution in [3.05, 3.63) is 65.1 Å². The van der Waals surface area contributed by atoms with Gasteiger partial charge in [0.25, 0.3) is 0 Å². The number of benzene rings is 2. The van der Waals surface area contributed by atoms with Crippen molar-refractivity contribution in [2.24, 2.45) is 7.05 Å². The molecule has 7 nitrogen and oxygen atoms in total. The van der Waals surface area contributed by atoms with Crippen LogP contribution < -0.4 is 5.49 Å². The van der Waals surface area contributed by atoms with Gasteiger partial charge >= 0.3 is 0 Å². The third kappa shape index (κ3) is 2.56. The highest BCUT2D eigenvalue weighted by Crippen LogP contribution is 2.33. The van der Waals surface area contributed by atoms with E-state index in [1.807, 2.05) is 65.5 Å². The van der Waals surface area contributed by atoms with E-state index in [4.69, 9.17) is 10.4 Å². The second kappa shape index (κ2) is 6.57. The molecule has 0 spiro atoms. The number of nitrogens with zero attached hydrogens (tertiary/aromatic N) is 6. The number of thiazole rings is 2. The Balaban J connectivity index is 1.59. The smallest absolute Gasteiger partial charge is 0.182 e. The molecule has 9 heteroatoms. The van der Waals surface area contributed by atoms with E-state index in [1.54, 1.807) is 15.7 Å². The lowest BCUT2D eigenvalue weighted by Crippen LogP contribution is -2.19. The lowest BCUT2D eigenvalue weighted by atomic mass is 10.3. The van der Waals surface area contributed by atoms with Gasteiger partial charge in [-0.2, -0.15) is 5.26 Å². The molecular weight excluding hydrogens is 426 g/mol. The third-order valence-corrected chi connectivity index (χ3v) is 7.13. The molecule has 148 valence electrons. The van der Waals surface area contributed by atoms with Gasteiger partial charge in [0.1, 0.15) is 27.5 Å². The Morgan fingerprint density at radius 3 is 2.55 bits per heavy atom. The minimum absolute atomic E-state index is 0.205. The van der Waals surface area contributed by atoms with Gasteiger partial charge in [-0.25, -0.2) is 15.0 Å². The van der Waals surface area contributed by atoms with E-state index in [1.165, 1.54) is 11.3 Å². The SMILES string of the molecule is Cn1c2ccccc2n2c(=N)c(-c3nc(-c4nc5ccccc5s4)cs3)nc(C#N)c12. The van der Waals surface area contributed by atoms with Crippen LogP contribution in [0.2, 0.25) is 0 Å². The van der Waals surface area contributed by atoms with Crippen LogP contribution >= 0.6 is 22.7 Å². The molecule has 6 aromatic rings. The van der Waals surface area contributed by atoms with Crippen molar-refractivity contribution in [3.8, 4) is 27.5 Å². The van der Waals surface area contributed by atoms with E-state index in [0.717, 1.165) is 32.0 Å². The minimum Gasteiger partial charge on any atom is -0.326 e. The van der Waals surface area contributed by atoms with Gasteiger partial charge in [-0.05, 0) is 24.3 Å². The molecule has 0 atom stereocenters. The zero-order valence-electron chi connectivity index (χ0n) is 16.2. The van der Waals surface area contributed by atoms with Crippen LogP contribution in [-0.4, -0.2) is 23.9 Å². The monoisotopic (exact) mass is 439 g/mol. The van der Waals surface area contributed by atoms with Crippen molar-refractivity contribution in [3.63, 3.8) is 0 Å². The zero-order valence-corrected chi connectivity index (χ0v) is 17.8. The summed E-state index contributed by atoms with van der Waals surface area (Å²) in [4.78, 5) is 13.9. The first-order valence-electron chi connectivity index (χ1n) is 9.42. The summed E-state index contributed by atoms with van der Waals surface area (Å²) in [6.07, 6.45) is 0. The summed E-state index contributed by atoms with van der Waals surface area (Å²) in [5.74, 6) is 0. The molecule has 0 bridgehead atoms. The Kier molecular flexibility index (Phi) is 3.80. The molecule has 1 N–H and O–H groups in total. The van der Waals surface area contributed by atoms with E-state index in [9.17, 15) is 5.26 Å². The lowest BCUT2D eigenvalue weighted by molar-refractivity contribution is 0.930. The predicted molar refractivity (Wildman–Crippen MR) is 122 cm³/mol. The molecule has 0 aliphatic heterocycles. The maximum absolute atomic E-state index is 9.79. The second-order valence-electron chi connectivity index (χ2n) is 7.00. The number of hydrogen-bond acceptors (Lipinski definition) is 7. The molecule has 0 saturated heterocycles. The highest BCUT2D eigenvalue weighted by Gasteiger charge is 2.20. The van der Waals surface area contributed by atoms with E-state index < -0.39 is 0 Å².